The SMILES string of the molecule is COc1cccc(/C=C(/C(=O)N(C)Cc2ccc3c(c2)OCO3)c2ccccc2)c1. The molecule has 1 amide bonds. The molecule has 152 valence electrons. The van der Waals surface area contributed by atoms with Gasteiger partial charge in [-0.2, -0.15) is 0 Å². The van der Waals surface area contributed by atoms with Crippen molar-refractivity contribution < 1.29 is 19.0 Å². The van der Waals surface area contributed by atoms with E-state index < -0.39 is 0 Å². The Morgan fingerprint density at radius 1 is 1.00 bits per heavy atom. The summed E-state index contributed by atoms with van der Waals surface area (Å²) in [6.07, 6.45) is 1.90. The van der Waals surface area contributed by atoms with Crippen LogP contribution in [-0.2, 0) is 11.3 Å². The Hall–Kier alpha value is -3.73. The van der Waals surface area contributed by atoms with Gasteiger partial charge in [-0.05, 0) is 47.0 Å². The highest BCUT2D eigenvalue weighted by Gasteiger charge is 2.19. The molecule has 30 heavy (non-hydrogen) atoms. The molecule has 4 rings (SSSR count). The number of hydrogen-bond acceptors (Lipinski definition) is 4. The van der Waals surface area contributed by atoms with Gasteiger partial charge in [0.05, 0.1) is 7.11 Å². The van der Waals surface area contributed by atoms with Gasteiger partial charge in [0, 0.05) is 19.2 Å². The average molecular weight is 401 g/mol. The number of amides is 1. The van der Waals surface area contributed by atoms with Gasteiger partial charge >= 0.3 is 0 Å². The van der Waals surface area contributed by atoms with E-state index in [0.29, 0.717) is 17.9 Å². The second kappa shape index (κ2) is 8.74. The molecule has 0 aliphatic carbocycles. The number of carbonyl (C=O) groups excluding carboxylic acids is 1. The molecule has 5 nitrogen and oxygen atoms in total. The van der Waals surface area contributed by atoms with Crippen LogP contribution in [0.4, 0.5) is 0 Å². The lowest BCUT2D eigenvalue weighted by Crippen LogP contribution is -2.27. The zero-order valence-electron chi connectivity index (χ0n) is 17.0. The third-order valence-corrected chi connectivity index (χ3v) is 4.92. The number of benzene rings is 3. The predicted molar refractivity (Wildman–Crippen MR) is 116 cm³/mol. The lowest BCUT2D eigenvalue weighted by molar-refractivity contribution is -0.124. The van der Waals surface area contributed by atoms with E-state index >= 15 is 0 Å². The largest absolute Gasteiger partial charge is 0.497 e. The topological polar surface area (TPSA) is 48.0 Å². The minimum Gasteiger partial charge on any atom is -0.497 e. The van der Waals surface area contributed by atoms with Crippen LogP contribution in [0.3, 0.4) is 0 Å². The molecule has 0 fully saturated rings. The molecule has 0 radical (unpaired) electrons. The van der Waals surface area contributed by atoms with Gasteiger partial charge in [0.25, 0.3) is 5.91 Å². The van der Waals surface area contributed by atoms with Crippen molar-refractivity contribution in [1.29, 1.82) is 0 Å². The second-order valence-electron chi connectivity index (χ2n) is 7.05. The first-order chi connectivity index (χ1) is 14.6. The van der Waals surface area contributed by atoms with Crippen LogP contribution < -0.4 is 14.2 Å². The molecule has 0 saturated carbocycles. The van der Waals surface area contributed by atoms with Gasteiger partial charge in [0.2, 0.25) is 6.79 Å². The minimum atomic E-state index is -0.0679. The Morgan fingerprint density at radius 2 is 1.80 bits per heavy atom. The van der Waals surface area contributed by atoms with Crippen LogP contribution in [0.5, 0.6) is 17.2 Å². The van der Waals surface area contributed by atoms with E-state index in [4.69, 9.17) is 14.2 Å². The molecule has 3 aromatic rings. The Balaban J connectivity index is 1.62. The fourth-order valence-corrected chi connectivity index (χ4v) is 3.37. The third kappa shape index (κ3) is 4.30. The summed E-state index contributed by atoms with van der Waals surface area (Å²) in [4.78, 5) is 15.1. The lowest BCUT2D eigenvalue weighted by atomic mass is 10.0. The molecule has 0 saturated heterocycles. The zero-order chi connectivity index (χ0) is 20.9. The molecule has 5 heteroatoms. The quantitative estimate of drug-likeness (QED) is 0.447. The van der Waals surface area contributed by atoms with Crippen molar-refractivity contribution in [1.82, 2.24) is 4.90 Å². The maximum atomic E-state index is 13.4. The van der Waals surface area contributed by atoms with Gasteiger partial charge in [-0.3, -0.25) is 4.79 Å². The molecular formula is C25H23NO4. The minimum absolute atomic E-state index is 0.0679. The van der Waals surface area contributed by atoms with E-state index in [-0.39, 0.29) is 12.7 Å². The van der Waals surface area contributed by atoms with Crippen LogP contribution in [0.25, 0.3) is 11.6 Å². The van der Waals surface area contributed by atoms with E-state index in [9.17, 15) is 4.79 Å². The van der Waals surface area contributed by atoms with E-state index in [1.807, 2.05) is 78.9 Å². The van der Waals surface area contributed by atoms with Gasteiger partial charge in [-0.15, -0.1) is 0 Å². The molecule has 0 aromatic heterocycles. The summed E-state index contributed by atoms with van der Waals surface area (Å²) < 4.78 is 16.1. The normalized spacial score (nSPS) is 12.5. The number of carbonyl (C=O) groups is 1. The van der Waals surface area contributed by atoms with Crippen molar-refractivity contribution in [2.45, 2.75) is 6.54 Å². The van der Waals surface area contributed by atoms with Gasteiger partial charge < -0.3 is 19.1 Å². The van der Waals surface area contributed by atoms with Crippen molar-refractivity contribution in [2.24, 2.45) is 0 Å². The highest BCUT2D eigenvalue weighted by molar-refractivity contribution is 6.24. The van der Waals surface area contributed by atoms with E-state index in [2.05, 4.69) is 0 Å². The van der Waals surface area contributed by atoms with Gasteiger partial charge in [-0.1, -0.05) is 48.5 Å². The summed E-state index contributed by atoms with van der Waals surface area (Å²) in [5.74, 6) is 2.12. The first-order valence-electron chi connectivity index (χ1n) is 9.69. The Bertz CT molecular complexity index is 1080. The smallest absolute Gasteiger partial charge is 0.254 e. The van der Waals surface area contributed by atoms with Gasteiger partial charge in [0.15, 0.2) is 11.5 Å². The van der Waals surface area contributed by atoms with E-state index in [0.717, 1.165) is 28.2 Å². The Morgan fingerprint density at radius 3 is 2.60 bits per heavy atom. The number of fused-ring (bicyclic) bond motifs is 1. The molecule has 3 aromatic carbocycles. The first kappa shape index (κ1) is 19.6. The maximum absolute atomic E-state index is 13.4. The number of ether oxygens (including phenoxy) is 3. The molecule has 0 N–H and O–H groups in total. The summed E-state index contributed by atoms with van der Waals surface area (Å²) in [6, 6.07) is 23.1. The van der Waals surface area contributed by atoms with E-state index in [1.165, 1.54) is 0 Å². The van der Waals surface area contributed by atoms with Crippen LogP contribution >= 0.6 is 0 Å². The molecule has 1 heterocycles. The fourth-order valence-electron chi connectivity index (χ4n) is 3.37. The van der Waals surface area contributed by atoms with Crippen molar-refractivity contribution in [3.63, 3.8) is 0 Å². The second-order valence-corrected chi connectivity index (χ2v) is 7.05. The molecule has 1 aliphatic rings. The predicted octanol–water partition coefficient (Wildman–Crippen LogP) is 4.62. The highest BCUT2D eigenvalue weighted by Crippen LogP contribution is 2.33. The van der Waals surface area contributed by atoms with Crippen molar-refractivity contribution in [3.05, 3.63) is 89.5 Å². The number of methoxy groups -OCH3 is 1. The Labute approximate surface area is 176 Å². The molecular weight excluding hydrogens is 378 g/mol. The first-order valence-corrected chi connectivity index (χ1v) is 9.69. The summed E-state index contributed by atoms with van der Waals surface area (Å²) in [5, 5.41) is 0. The molecule has 0 atom stereocenters. The Kier molecular flexibility index (Phi) is 5.70. The van der Waals surface area contributed by atoms with Crippen LogP contribution in [-0.4, -0.2) is 31.8 Å². The monoisotopic (exact) mass is 401 g/mol. The molecule has 0 unspecified atom stereocenters. The highest BCUT2D eigenvalue weighted by atomic mass is 16.7. The molecule has 0 spiro atoms. The summed E-state index contributed by atoms with van der Waals surface area (Å²) in [5.41, 5.74) is 3.36. The standard InChI is InChI=1S/C25H23NO4/c1-26(16-19-11-12-23-24(15-19)30-17-29-23)25(27)22(20-8-4-3-5-9-20)14-18-7-6-10-21(13-18)28-2/h3-15H,16-17H2,1-2H3/b22-14+. The van der Waals surface area contributed by atoms with Crippen molar-refractivity contribution in [3.8, 4) is 17.2 Å². The summed E-state index contributed by atoms with van der Waals surface area (Å²) >= 11 is 0. The van der Waals surface area contributed by atoms with Crippen LogP contribution in [0.1, 0.15) is 16.7 Å². The fraction of sp³-hybridized carbons (Fsp3) is 0.160. The third-order valence-electron chi connectivity index (χ3n) is 4.92. The number of likely N-dealkylation sites (N-methyl/N-ethyl adjacent to an activating group) is 1. The van der Waals surface area contributed by atoms with Crippen LogP contribution in [0.15, 0.2) is 72.8 Å². The maximum Gasteiger partial charge on any atom is 0.254 e. The van der Waals surface area contributed by atoms with Crippen LogP contribution in [0.2, 0.25) is 0 Å². The average Bonchev–Trinajstić information content (AvgIpc) is 3.25. The van der Waals surface area contributed by atoms with Crippen molar-refractivity contribution in [2.75, 3.05) is 21.0 Å². The van der Waals surface area contributed by atoms with Crippen molar-refractivity contribution >= 4 is 17.6 Å². The number of nitrogens with zero attached hydrogens (tertiary/aromatic N) is 1. The van der Waals surface area contributed by atoms with Crippen LogP contribution in [0, 0.1) is 0 Å². The molecule has 0 bridgehead atoms. The van der Waals surface area contributed by atoms with Gasteiger partial charge in [0.1, 0.15) is 5.75 Å². The lowest BCUT2D eigenvalue weighted by Gasteiger charge is -2.20. The number of rotatable bonds is 6. The summed E-state index contributed by atoms with van der Waals surface area (Å²) in [7, 11) is 3.43. The van der Waals surface area contributed by atoms with Gasteiger partial charge in [-0.25, -0.2) is 0 Å². The van der Waals surface area contributed by atoms with E-state index in [1.54, 1.807) is 19.1 Å². The summed E-state index contributed by atoms with van der Waals surface area (Å²) in [6.45, 7) is 0.687. The molecule has 1 aliphatic heterocycles. The zero-order valence-corrected chi connectivity index (χ0v) is 17.0. The number of hydrogen-bond donors (Lipinski definition) is 0.